The van der Waals surface area contributed by atoms with Crippen molar-refractivity contribution in [3.63, 3.8) is 0 Å². The van der Waals surface area contributed by atoms with Crippen LogP contribution in [0.1, 0.15) is 30.9 Å². The lowest BCUT2D eigenvalue weighted by Gasteiger charge is -2.20. The van der Waals surface area contributed by atoms with E-state index in [1.54, 1.807) is 0 Å². The molecule has 0 radical (unpaired) electrons. The van der Waals surface area contributed by atoms with E-state index in [0.29, 0.717) is 5.92 Å². The summed E-state index contributed by atoms with van der Waals surface area (Å²) in [5.74, 6) is 0.539. The van der Waals surface area contributed by atoms with E-state index < -0.39 is 0 Å². The van der Waals surface area contributed by atoms with Gasteiger partial charge in [-0.3, -0.25) is 0 Å². The zero-order valence-electron chi connectivity index (χ0n) is 10.2. The first kappa shape index (κ1) is 12.9. The molecule has 98 valence electrons. The first-order valence-corrected chi connectivity index (χ1v) is 7.71. The Morgan fingerprint density at radius 1 is 1.33 bits per heavy atom. The predicted octanol–water partition coefficient (Wildman–Crippen LogP) is 3.93. The van der Waals surface area contributed by atoms with Crippen molar-refractivity contribution in [2.45, 2.75) is 31.4 Å². The largest absolute Gasteiger partial charge is 0.373 e. The lowest BCUT2D eigenvalue weighted by Crippen LogP contribution is -2.26. The van der Waals surface area contributed by atoms with Crippen LogP contribution in [0, 0.1) is 5.92 Å². The molecule has 1 saturated heterocycles. The van der Waals surface area contributed by atoms with Crippen LogP contribution in [0.15, 0.2) is 22.7 Å². The topological polar surface area (TPSA) is 21.3 Å². The maximum atomic E-state index is 6.30. The van der Waals surface area contributed by atoms with Crippen LogP contribution in [-0.4, -0.2) is 19.2 Å². The van der Waals surface area contributed by atoms with Crippen molar-refractivity contribution >= 4 is 27.5 Å². The van der Waals surface area contributed by atoms with E-state index in [1.807, 2.05) is 12.1 Å². The normalized spacial score (nSPS) is 27.7. The Labute approximate surface area is 121 Å². The van der Waals surface area contributed by atoms with Gasteiger partial charge in [-0.15, -0.1) is 0 Å². The summed E-state index contributed by atoms with van der Waals surface area (Å²) in [6.07, 6.45) is 3.92. The summed E-state index contributed by atoms with van der Waals surface area (Å²) in [5, 5.41) is 4.40. The third-order valence-corrected chi connectivity index (χ3v) is 4.56. The molecule has 0 bridgehead atoms. The molecule has 2 aliphatic rings. The van der Waals surface area contributed by atoms with Gasteiger partial charge in [0.25, 0.3) is 0 Å². The van der Waals surface area contributed by atoms with Gasteiger partial charge in [-0.2, -0.15) is 0 Å². The molecule has 2 nitrogen and oxygen atoms in total. The van der Waals surface area contributed by atoms with Gasteiger partial charge in [0.1, 0.15) is 0 Å². The van der Waals surface area contributed by atoms with E-state index in [9.17, 15) is 0 Å². The van der Waals surface area contributed by atoms with E-state index in [4.69, 9.17) is 16.3 Å². The third kappa shape index (κ3) is 2.90. The maximum Gasteiger partial charge on any atom is 0.0880 e. The van der Waals surface area contributed by atoms with Crippen LogP contribution in [-0.2, 0) is 4.74 Å². The van der Waals surface area contributed by atoms with Crippen LogP contribution in [0.2, 0.25) is 5.02 Å². The van der Waals surface area contributed by atoms with Crippen molar-refractivity contribution in [1.82, 2.24) is 5.32 Å². The molecule has 4 heteroatoms. The van der Waals surface area contributed by atoms with Crippen LogP contribution < -0.4 is 5.32 Å². The minimum absolute atomic E-state index is 0.140. The molecule has 1 aromatic carbocycles. The molecule has 1 aromatic rings. The lowest BCUT2D eigenvalue weighted by molar-refractivity contribution is 0.0905. The minimum Gasteiger partial charge on any atom is -0.373 e. The number of rotatable bonds is 4. The Balaban J connectivity index is 1.73. The highest BCUT2D eigenvalue weighted by atomic mass is 79.9. The molecule has 1 aliphatic carbocycles. The zero-order valence-corrected chi connectivity index (χ0v) is 12.5. The summed E-state index contributed by atoms with van der Waals surface area (Å²) in [4.78, 5) is 0. The molecule has 1 saturated carbocycles. The van der Waals surface area contributed by atoms with E-state index in [0.717, 1.165) is 40.7 Å². The Morgan fingerprint density at radius 2 is 2.17 bits per heavy atom. The van der Waals surface area contributed by atoms with Crippen LogP contribution >= 0.6 is 27.5 Å². The minimum atomic E-state index is 0.140. The summed E-state index contributed by atoms with van der Waals surface area (Å²) >= 11 is 9.80. The SMILES string of the molecule is Clc1ccc(Br)cc1C1OCCC1CNC1CC1. The second kappa shape index (κ2) is 5.49. The molecule has 2 fully saturated rings. The van der Waals surface area contributed by atoms with Crippen molar-refractivity contribution in [3.05, 3.63) is 33.3 Å². The quantitative estimate of drug-likeness (QED) is 0.903. The number of halogens is 2. The Hall–Kier alpha value is -0.0900. The van der Waals surface area contributed by atoms with Gasteiger partial charge in [0.15, 0.2) is 0 Å². The van der Waals surface area contributed by atoms with E-state index in [-0.39, 0.29) is 6.10 Å². The predicted molar refractivity (Wildman–Crippen MR) is 77.0 cm³/mol. The Kier molecular flexibility index (Phi) is 3.94. The van der Waals surface area contributed by atoms with Gasteiger partial charge in [-0.05, 0) is 37.5 Å². The molecule has 18 heavy (non-hydrogen) atoms. The van der Waals surface area contributed by atoms with Crippen molar-refractivity contribution < 1.29 is 4.74 Å². The van der Waals surface area contributed by atoms with Gasteiger partial charge in [0.2, 0.25) is 0 Å². The molecule has 0 amide bonds. The molecule has 3 rings (SSSR count). The fourth-order valence-corrected chi connectivity index (χ4v) is 3.13. The first-order chi connectivity index (χ1) is 8.74. The number of ether oxygens (including phenoxy) is 1. The smallest absolute Gasteiger partial charge is 0.0880 e. The van der Waals surface area contributed by atoms with Crippen LogP contribution in [0.3, 0.4) is 0 Å². The van der Waals surface area contributed by atoms with Crippen molar-refractivity contribution in [3.8, 4) is 0 Å². The zero-order chi connectivity index (χ0) is 12.5. The number of hydrogen-bond acceptors (Lipinski definition) is 2. The first-order valence-electron chi connectivity index (χ1n) is 6.54. The summed E-state index contributed by atoms with van der Waals surface area (Å²) in [7, 11) is 0. The summed E-state index contributed by atoms with van der Waals surface area (Å²) < 4.78 is 6.96. The van der Waals surface area contributed by atoms with Gasteiger partial charge in [0, 0.05) is 40.2 Å². The van der Waals surface area contributed by atoms with Crippen LogP contribution in [0.5, 0.6) is 0 Å². The number of nitrogens with one attached hydrogen (secondary N) is 1. The summed E-state index contributed by atoms with van der Waals surface area (Å²) in [5.41, 5.74) is 1.12. The van der Waals surface area contributed by atoms with Gasteiger partial charge in [0.05, 0.1) is 6.10 Å². The fourth-order valence-electron chi connectivity index (χ4n) is 2.52. The molecule has 0 aromatic heterocycles. The maximum absolute atomic E-state index is 6.30. The highest BCUT2D eigenvalue weighted by Gasteiger charge is 2.32. The van der Waals surface area contributed by atoms with Gasteiger partial charge in [-0.1, -0.05) is 27.5 Å². The van der Waals surface area contributed by atoms with Crippen molar-refractivity contribution in [2.24, 2.45) is 5.92 Å². The molecule has 1 N–H and O–H groups in total. The molecule has 1 aliphatic heterocycles. The van der Waals surface area contributed by atoms with E-state index >= 15 is 0 Å². The Morgan fingerprint density at radius 3 is 2.94 bits per heavy atom. The monoisotopic (exact) mass is 329 g/mol. The van der Waals surface area contributed by atoms with Gasteiger partial charge >= 0.3 is 0 Å². The van der Waals surface area contributed by atoms with Gasteiger partial charge in [-0.25, -0.2) is 0 Å². The van der Waals surface area contributed by atoms with Gasteiger partial charge < -0.3 is 10.1 Å². The molecule has 1 heterocycles. The average Bonchev–Trinajstić information content (AvgIpc) is 3.08. The standard InChI is InChI=1S/C14H17BrClNO/c15-10-1-4-13(16)12(7-10)14-9(5-6-18-14)8-17-11-2-3-11/h1,4,7,9,11,14,17H,2-3,5-6,8H2. The average molecular weight is 331 g/mol. The van der Waals surface area contributed by atoms with Crippen LogP contribution in [0.25, 0.3) is 0 Å². The summed E-state index contributed by atoms with van der Waals surface area (Å²) in [6, 6.07) is 6.75. The third-order valence-electron chi connectivity index (χ3n) is 3.72. The van der Waals surface area contributed by atoms with Crippen molar-refractivity contribution in [2.75, 3.05) is 13.2 Å². The van der Waals surface area contributed by atoms with E-state index in [1.165, 1.54) is 12.8 Å². The molecule has 2 unspecified atom stereocenters. The molecular formula is C14H17BrClNO. The van der Waals surface area contributed by atoms with E-state index in [2.05, 4.69) is 27.3 Å². The number of hydrogen-bond donors (Lipinski definition) is 1. The fraction of sp³-hybridized carbons (Fsp3) is 0.571. The Bertz CT molecular complexity index is 436. The second-order valence-corrected chi connectivity index (χ2v) is 6.51. The second-order valence-electron chi connectivity index (χ2n) is 5.19. The number of benzene rings is 1. The summed E-state index contributed by atoms with van der Waals surface area (Å²) in [6.45, 7) is 1.88. The van der Waals surface area contributed by atoms with Crippen molar-refractivity contribution in [1.29, 1.82) is 0 Å². The molecule has 2 atom stereocenters. The highest BCUT2D eigenvalue weighted by Crippen LogP contribution is 2.39. The molecule has 0 spiro atoms. The highest BCUT2D eigenvalue weighted by molar-refractivity contribution is 9.10. The van der Waals surface area contributed by atoms with Crippen LogP contribution in [0.4, 0.5) is 0 Å². The molecular weight excluding hydrogens is 314 g/mol. The lowest BCUT2D eigenvalue weighted by atomic mass is 9.95.